The van der Waals surface area contributed by atoms with E-state index < -0.39 is 0 Å². The summed E-state index contributed by atoms with van der Waals surface area (Å²) < 4.78 is 5.18. The highest BCUT2D eigenvalue weighted by atomic mass is 16.5. The van der Waals surface area contributed by atoms with Crippen molar-refractivity contribution in [1.29, 1.82) is 0 Å². The van der Waals surface area contributed by atoms with Crippen LogP contribution in [-0.4, -0.2) is 35.5 Å². The molecule has 0 radical (unpaired) electrons. The fraction of sp³-hybridized carbons (Fsp3) is 0.900. The molecule has 0 atom stereocenters. The van der Waals surface area contributed by atoms with Gasteiger partial charge in [0.25, 0.3) is 0 Å². The van der Waals surface area contributed by atoms with E-state index in [0.717, 1.165) is 25.7 Å². The molecule has 14 heavy (non-hydrogen) atoms. The third-order valence-corrected chi connectivity index (χ3v) is 2.57. The van der Waals surface area contributed by atoms with E-state index in [0.29, 0.717) is 0 Å². The van der Waals surface area contributed by atoms with Crippen LogP contribution in [0.2, 0.25) is 0 Å². The molecule has 0 aromatic carbocycles. The second-order valence-electron chi connectivity index (χ2n) is 3.83. The highest BCUT2D eigenvalue weighted by Crippen LogP contribution is 2.21. The van der Waals surface area contributed by atoms with Gasteiger partial charge in [-0.3, -0.25) is 4.79 Å². The van der Waals surface area contributed by atoms with Gasteiger partial charge in [0.1, 0.15) is 6.10 Å². The lowest BCUT2D eigenvalue weighted by atomic mass is 10.1. The van der Waals surface area contributed by atoms with Crippen LogP contribution < -0.4 is 0 Å². The summed E-state index contributed by atoms with van der Waals surface area (Å²) in [5.41, 5.74) is 0. The van der Waals surface area contributed by atoms with Crippen LogP contribution in [0, 0.1) is 5.92 Å². The van der Waals surface area contributed by atoms with Crippen molar-refractivity contribution in [2.75, 3.05) is 13.2 Å². The molecule has 0 spiro atoms. The Bertz CT molecular complexity index is 165. The number of esters is 1. The summed E-state index contributed by atoms with van der Waals surface area (Å²) in [5, 5.41) is 17.5. The zero-order chi connectivity index (χ0) is 10.4. The zero-order valence-corrected chi connectivity index (χ0v) is 8.32. The third-order valence-electron chi connectivity index (χ3n) is 2.57. The Kier molecular flexibility index (Phi) is 4.90. The van der Waals surface area contributed by atoms with Gasteiger partial charge < -0.3 is 14.9 Å². The Balaban J connectivity index is 2.20. The normalized spacial score (nSPS) is 17.6. The minimum Gasteiger partial charge on any atom is -0.462 e. The second-order valence-corrected chi connectivity index (χ2v) is 3.83. The van der Waals surface area contributed by atoms with Crippen LogP contribution in [0.25, 0.3) is 0 Å². The molecule has 0 saturated heterocycles. The molecule has 0 aromatic heterocycles. The first-order valence-corrected chi connectivity index (χ1v) is 5.17. The molecule has 1 aliphatic carbocycles. The van der Waals surface area contributed by atoms with Crippen LogP contribution in [0.15, 0.2) is 0 Å². The first kappa shape index (κ1) is 11.5. The van der Waals surface area contributed by atoms with Gasteiger partial charge in [-0.05, 0) is 25.7 Å². The Morgan fingerprint density at radius 1 is 1.29 bits per heavy atom. The smallest absolute Gasteiger partial charge is 0.306 e. The number of ether oxygens (including phenoxy) is 1. The molecule has 1 fully saturated rings. The standard InChI is InChI=1S/C10H18O4/c11-6-8(7-12)5-10(13)14-9-3-1-2-4-9/h8-9,11-12H,1-7H2. The van der Waals surface area contributed by atoms with E-state index >= 15 is 0 Å². The van der Waals surface area contributed by atoms with E-state index in [1.165, 1.54) is 0 Å². The first-order chi connectivity index (χ1) is 6.76. The molecule has 0 bridgehead atoms. The second kappa shape index (κ2) is 5.98. The minimum absolute atomic E-state index is 0.0699. The van der Waals surface area contributed by atoms with Crippen molar-refractivity contribution >= 4 is 5.97 Å². The van der Waals surface area contributed by atoms with E-state index in [-0.39, 0.29) is 37.6 Å². The Labute approximate surface area is 83.9 Å². The Hall–Kier alpha value is -0.610. The van der Waals surface area contributed by atoms with Gasteiger partial charge in [-0.15, -0.1) is 0 Å². The van der Waals surface area contributed by atoms with E-state index in [9.17, 15) is 4.79 Å². The van der Waals surface area contributed by atoms with Crippen LogP contribution in [0.3, 0.4) is 0 Å². The predicted molar refractivity (Wildman–Crippen MR) is 50.6 cm³/mol. The summed E-state index contributed by atoms with van der Waals surface area (Å²) in [6.07, 6.45) is 4.34. The van der Waals surface area contributed by atoms with Crippen molar-refractivity contribution in [2.24, 2.45) is 5.92 Å². The summed E-state index contributed by atoms with van der Waals surface area (Å²) in [6, 6.07) is 0. The lowest BCUT2D eigenvalue weighted by Gasteiger charge is -2.14. The number of aliphatic hydroxyl groups excluding tert-OH is 2. The third kappa shape index (κ3) is 3.64. The summed E-state index contributed by atoms with van der Waals surface area (Å²) in [6.45, 7) is -0.341. The number of carbonyl (C=O) groups is 1. The summed E-state index contributed by atoms with van der Waals surface area (Å²) in [5.74, 6) is -0.672. The molecule has 0 amide bonds. The van der Waals surface area contributed by atoms with Crippen molar-refractivity contribution in [2.45, 2.75) is 38.2 Å². The summed E-state index contributed by atoms with van der Waals surface area (Å²) in [4.78, 5) is 11.3. The average molecular weight is 202 g/mol. The highest BCUT2D eigenvalue weighted by Gasteiger charge is 2.21. The van der Waals surface area contributed by atoms with Gasteiger partial charge in [0.05, 0.1) is 6.42 Å². The summed E-state index contributed by atoms with van der Waals surface area (Å²) >= 11 is 0. The number of aliphatic hydroxyl groups is 2. The molecule has 1 saturated carbocycles. The van der Waals surface area contributed by atoms with Crippen LogP contribution in [0.4, 0.5) is 0 Å². The SMILES string of the molecule is O=C(CC(CO)CO)OC1CCCC1. The first-order valence-electron chi connectivity index (χ1n) is 5.17. The van der Waals surface area contributed by atoms with Crippen molar-refractivity contribution in [1.82, 2.24) is 0 Å². The van der Waals surface area contributed by atoms with Crippen molar-refractivity contribution in [3.8, 4) is 0 Å². The van der Waals surface area contributed by atoms with Gasteiger partial charge >= 0.3 is 5.97 Å². The number of hydrogen-bond acceptors (Lipinski definition) is 4. The van der Waals surface area contributed by atoms with Crippen molar-refractivity contribution < 1.29 is 19.7 Å². The van der Waals surface area contributed by atoms with Crippen LogP contribution in [0.1, 0.15) is 32.1 Å². The minimum atomic E-state index is -0.371. The van der Waals surface area contributed by atoms with Gasteiger partial charge in [-0.1, -0.05) is 0 Å². The maximum absolute atomic E-state index is 11.3. The lowest BCUT2D eigenvalue weighted by molar-refractivity contribution is -0.150. The fourth-order valence-corrected chi connectivity index (χ4v) is 1.66. The molecule has 0 heterocycles. The Morgan fingerprint density at radius 2 is 1.86 bits per heavy atom. The number of hydrogen-bond donors (Lipinski definition) is 2. The largest absolute Gasteiger partial charge is 0.462 e. The quantitative estimate of drug-likeness (QED) is 0.636. The maximum atomic E-state index is 11.3. The molecular formula is C10H18O4. The van der Waals surface area contributed by atoms with Gasteiger partial charge in [0.15, 0.2) is 0 Å². The molecule has 1 aliphatic rings. The molecule has 1 rings (SSSR count). The van der Waals surface area contributed by atoms with E-state index in [1.807, 2.05) is 0 Å². The van der Waals surface area contributed by atoms with E-state index in [1.54, 1.807) is 0 Å². The number of rotatable bonds is 5. The Morgan fingerprint density at radius 3 is 2.36 bits per heavy atom. The predicted octanol–water partition coefficient (Wildman–Crippen LogP) is 0.463. The molecule has 0 aliphatic heterocycles. The molecule has 0 unspecified atom stereocenters. The number of carbonyl (C=O) groups excluding carboxylic acids is 1. The molecular weight excluding hydrogens is 184 g/mol. The van der Waals surface area contributed by atoms with Crippen molar-refractivity contribution in [3.05, 3.63) is 0 Å². The van der Waals surface area contributed by atoms with Crippen molar-refractivity contribution in [3.63, 3.8) is 0 Å². The van der Waals surface area contributed by atoms with Crippen LogP contribution in [0.5, 0.6) is 0 Å². The molecule has 4 nitrogen and oxygen atoms in total. The molecule has 0 aromatic rings. The van der Waals surface area contributed by atoms with Gasteiger partial charge in [-0.25, -0.2) is 0 Å². The highest BCUT2D eigenvalue weighted by molar-refractivity contribution is 5.69. The topological polar surface area (TPSA) is 66.8 Å². The monoisotopic (exact) mass is 202 g/mol. The van der Waals surface area contributed by atoms with Gasteiger partial charge in [-0.2, -0.15) is 0 Å². The van der Waals surface area contributed by atoms with Crippen LogP contribution in [-0.2, 0) is 9.53 Å². The molecule has 82 valence electrons. The van der Waals surface area contributed by atoms with E-state index in [4.69, 9.17) is 14.9 Å². The molecule has 4 heteroatoms. The molecule has 2 N–H and O–H groups in total. The summed E-state index contributed by atoms with van der Waals surface area (Å²) in [7, 11) is 0. The maximum Gasteiger partial charge on any atom is 0.306 e. The lowest BCUT2D eigenvalue weighted by Crippen LogP contribution is -2.21. The van der Waals surface area contributed by atoms with Gasteiger partial charge in [0, 0.05) is 19.1 Å². The average Bonchev–Trinajstić information content (AvgIpc) is 2.66. The van der Waals surface area contributed by atoms with E-state index in [2.05, 4.69) is 0 Å². The van der Waals surface area contributed by atoms with Crippen LogP contribution >= 0.6 is 0 Å². The fourth-order valence-electron chi connectivity index (χ4n) is 1.66. The van der Waals surface area contributed by atoms with Gasteiger partial charge in [0.2, 0.25) is 0 Å². The zero-order valence-electron chi connectivity index (χ0n) is 8.32.